The third kappa shape index (κ3) is 3.59. The molecule has 1 N–H and O–H groups in total. The van der Waals surface area contributed by atoms with Gasteiger partial charge in [-0.2, -0.15) is 0 Å². The molecule has 0 unspecified atom stereocenters. The zero-order chi connectivity index (χ0) is 16.9. The SMILES string of the molecule is O=C(Nc1ccccc1F)c1cc(C(=O)N2CCCCC2)ccn1. The maximum Gasteiger partial charge on any atom is 0.274 e. The Bertz CT molecular complexity index is 757. The van der Waals surface area contributed by atoms with Crippen LogP contribution in [-0.2, 0) is 0 Å². The molecule has 2 aromatic rings. The number of hydrogen-bond donors (Lipinski definition) is 1. The van der Waals surface area contributed by atoms with Gasteiger partial charge in [-0.3, -0.25) is 14.6 Å². The number of carbonyl (C=O) groups is 2. The molecule has 5 nitrogen and oxygen atoms in total. The molecule has 0 spiro atoms. The molecule has 2 amide bonds. The second-order valence-electron chi connectivity index (χ2n) is 5.72. The topological polar surface area (TPSA) is 62.3 Å². The molecule has 6 heteroatoms. The minimum Gasteiger partial charge on any atom is -0.339 e. The molecule has 124 valence electrons. The summed E-state index contributed by atoms with van der Waals surface area (Å²) in [6, 6.07) is 8.95. The molecule has 1 aliphatic heterocycles. The first-order valence-corrected chi connectivity index (χ1v) is 7.96. The van der Waals surface area contributed by atoms with Crippen LogP contribution < -0.4 is 5.32 Å². The van der Waals surface area contributed by atoms with Crippen LogP contribution in [0.25, 0.3) is 0 Å². The summed E-state index contributed by atoms with van der Waals surface area (Å²) in [6.45, 7) is 1.47. The highest BCUT2D eigenvalue weighted by Crippen LogP contribution is 2.16. The average molecular weight is 327 g/mol. The number of para-hydroxylation sites is 1. The molecule has 1 saturated heterocycles. The highest BCUT2D eigenvalue weighted by Gasteiger charge is 2.20. The van der Waals surface area contributed by atoms with Gasteiger partial charge in [0.25, 0.3) is 11.8 Å². The average Bonchev–Trinajstić information content (AvgIpc) is 2.64. The van der Waals surface area contributed by atoms with E-state index in [9.17, 15) is 14.0 Å². The molecule has 0 aliphatic carbocycles. The van der Waals surface area contributed by atoms with Crippen molar-refractivity contribution in [2.45, 2.75) is 19.3 Å². The first-order chi connectivity index (χ1) is 11.6. The van der Waals surface area contributed by atoms with Crippen molar-refractivity contribution in [1.29, 1.82) is 0 Å². The highest BCUT2D eigenvalue weighted by molar-refractivity contribution is 6.04. The first kappa shape index (κ1) is 16.1. The predicted octanol–water partition coefficient (Wildman–Crippen LogP) is 3.10. The van der Waals surface area contributed by atoms with E-state index in [4.69, 9.17) is 0 Å². The minimum absolute atomic E-state index is 0.0806. The molecular weight excluding hydrogens is 309 g/mol. The molecule has 0 radical (unpaired) electrons. The Kier molecular flexibility index (Phi) is 4.84. The summed E-state index contributed by atoms with van der Waals surface area (Å²) in [6.07, 6.45) is 4.55. The summed E-state index contributed by atoms with van der Waals surface area (Å²) in [7, 11) is 0. The van der Waals surface area contributed by atoms with Gasteiger partial charge in [0.1, 0.15) is 11.5 Å². The molecule has 1 fully saturated rings. The van der Waals surface area contributed by atoms with Gasteiger partial charge in [0.2, 0.25) is 0 Å². The van der Waals surface area contributed by atoms with Crippen LogP contribution in [0.15, 0.2) is 42.6 Å². The second-order valence-corrected chi connectivity index (χ2v) is 5.72. The summed E-state index contributed by atoms with van der Waals surface area (Å²) in [5.41, 5.74) is 0.587. The maximum atomic E-state index is 13.6. The number of rotatable bonds is 3. The number of halogens is 1. The first-order valence-electron chi connectivity index (χ1n) is 7.96. The van der Waals surface area contributed by atoms with E-state index in [1.54, 1.807) is 23.1 Å². The van der Waals surface area contributed by atoms with Crippen LogP contribution >= 0.6 is 0 Å². The third-order valence-corrected chi connectivity index (χ3v) is 4.00. The lowest BCUT2D eigenvalue weighted by Gasteiger charge is -2.26. The van der Waals surface area contributed by atoms with Crippen molar-refractivity contribution in [3.63, 3.8) is 0 Å². The van der Waals surface area contributed by atoms with Crippen molar-refractivity contribution in [1.82, 2.24) is 9.88 Å². The molecule has 1 aliphatic rings. The predicted molar refractivity (Wildman–Crippen MR) is 88.3 cm³/mol. The van der Waals surface area contributed by atoms with E-state index >= 15 is 0 Å². The Morgan fingerprint density at radius 2 is 1.83 bits per heavy atom. The summed E-state index contributed by atoms with van der Waals surface area (Å²) < 4.78 is 13.6. The molecule has 0 saturated carbocycles. The maximum absolute atomic E-state index is 13.6. The van der Waals surface area contributed by atoms with E-state index in [2.05, 4.69) is 10.3 Å². The lowest BCUT2D eigenvalue weighted by Crippen LogP contribution is -2.35. The molecule has 1 aromatic heterocycles. The number of anilines is 1. The van der Waals surface area contributed by atoms with Crippen LogP contribution in [0, 0.1) is 5.82 Å². The quantitative estimate of drug-likeness (QED) is 0.942. The fourth-order valence-corrected chi connectivity index (χ4v) is 2.72. The zero-order valence-corrected chi connectivity index (χ0v) is 13.2. The zero-order valence-electron chi connectivity index (χ0n) is 13.2. The van der Waals surface area contributed by atoms with E-state index in [1.165, 1.54) is 24.4 Å². The van der Waals surface area contributed by atoms with Gasteiger partial charge in [0, 0.05) is 24.8 Å². The van der Waals surface area contributed by atoms with Crippen molar-refractivity contribution in [2.24, 2.45) is 0 Å². The monoisotopic (exact) mass is 327 g/mol. The van der Waals surface area contributed by atoms with Gasteiger partial charge >= 0.3 is 0 Å². The van der Waals surface area contributed by atoms with Gasteiger partial charge in [-0.15, -0.1) is 0 Å². The molecule has 3 rings (SSSR count). The van der Waals surface area contributed by atoms with Gasteiger partial charge in [0.15, 0.2) is 0 Å². The number of nitrogens with zero attached hydrogens (tertiary/aromatic N) is 2. The van der Waals surface area contributed by atoms with Crippen molar-refractivity contribution in [2.75, 3.05) is 18.4 Å². The Labute approximate surface area is 139 Å². The molecule has 24 heavy (non-hydrogen) atoms. The second kappa shape index (κ2) is 7.21. The van der Waals surface area contributed by atoms with E-state index in [0.717, 1.165) is 32.4 Å². The lowest BCUT2D eigenvalue weighted by atomic mass is 10.1. The van der Waals surface area contributed by atoms with Gasteiger partial charge < -0.3 is 10.2 Å². The fraction of sp³-hybridized carbons (Fsp3) is 0.278. The third-order valence-electron chi connectivity index (χ3n) is 4.00. The Morgan fingerprint density at radius 3 is 2.58 bits per heavy atom. The van der Waals surface area contributed by atoms with Crippen molar-refractivity contribution >= 4 is 17.5 Å². The van der Waals surface area contributed by atoms with Crippen LogP contribution in [0.2, 0.25) is 0 Å². The van der Waals surface area contributed by atoms with Crippen LogP contribution in [-0.4, -0.2) is 34.8 Å². The molecule has 0 atom stereocenters. The number of piperidine rings is 1. The van der Waals surface area contributed by atoms with E-state index in [-0.39, 0.29) is 17.3 Å². The Morgan fingerprint density at radius 1 is 1.08 bits per heavy atom. The largest absolute Gasteiger partial charge is 0.339 e. The van der Waals surface area contributed by atoms with Gasteiger partial charge in [0.05, 0.1) is 5.69 Å². The summed E-state index contributed by atoms with van der Waals surface area (Å²) in [4.78, 5) is 30.5. The van der Waals surface area contributed by atoms with Crippen molar-refractivity contribution < 1.29 is 14.0 Å². The Balaban J connectivity index is 1.76. The number of hydrogen-bond acceptors (Lipinski definition) is 3. The molecule has 2 heterocycles. The lowest BCUT2D eigenvalue weighted by molar-refractivity contribution is 0.0724. The number of carbonyl (C=O) groups excluding carboxylic acids is 2. The standard InChI is InChI=1S/C18H18FN3O2/c19-14-6-2-3-7-15(14)21-17(23)16-12-13(8-9-20-16)18(24)22-10-4-1-5-11-22/h2-3,6-9,12H,1,4-5,10-11H2,(H,21,23). The number of amides is 2. The fourth-order valence-electron chi connectivity index (χ4n) is 2.72. The van der Waals surface area contributed by atoms with Crippen LogP contribution in [0.5, 0.6) is 0 Å². The van der Waals surface area contributed by atoms with Crippen LogP contribution in [0.1, 0.15) is 40.1 Å². The highest BCUT2D eigenvalue weighted by atomic mass is 19.1. The van der Waals surface area contributed by atoms with Crippen molar-refractivity contribution in [3.05, 3.63) is 59.7 Å². The number of likely N-dealkylation sites (tertiary alicyclic amines) is 1. The summed E-state index contributed by atoms with van der Waals surface area (Å²) in [5, 5.41) is 2.47. The van der Waals surface area contributed by atoms with Crippen LogP contribution in [0.3, 0.4) is 0 Å². The van der Waals surface area contributed by atoms with E-state index in [1.807, 2.05) is 0 Å². The number of benzene rings is 1. The molecule has 0 bridgehead atoms. The smallest absolute Gasteiger partial charge is 0.274 e. The number of nitrogens with one attached hydrogen (secondary N) is 1. The summed E-state index contributed by atoms with van der Waals surface area (Å²) in [5.74, 6) is -1.17. The molecule has 1 aromatic carbocycles. The molecular formula is C18H18FN3O2. The van der Waals surface area contributed by atoms with E-state index < -0.39 is 11.7 Å². The minimum atomic E-state index is -0.548. The van der Waals surface area contributed by atoms with Crippen LogP contribution in [0.4, 0.5) is 10.1 Å². The van der Waals surface area contributed by atoms with Gasteiger partial charge in [-0.1, -0.05) is 12.1 Å². The van der Waals surface area contributed by atoms with Crippen molar-refractivity contribution in [3.8, 4) is 0 Å². The van der Waals surface area contributed by atoms with E-state index in [0.29, 0.717) is 5.56 Å². The van der Waals surface area contributed by atoms with Gasteiger partial charge in [-0.05, 0) is 43.5 Å². The normalized spacial score (nSPS) is 14.3. The number of pyridine rings is 1. The Hall–Kier alpha value is -2.76. The number of aromatic nitrogens is 1. The summed E-state index contributed by atoms with van der Waals surface area (Å²) >= 11 is 0. The van der Waals surface area contributed by atoms with Gasteiger partial charge in [-0.25, -0.2) is 4.39 Å².